The molecule has 0 aliphatic carbocycles. The predicted molar refractivity (Wildman–Crippen MR) is 224 cm³/mol. The van der Waals surface area contributed by atoms with Crippen LogP contribution in [0.5, 0.6) is 0 Å². The van der Waals surface area contributed by atoms with E-state index in [4.69, 9.17) is 53.1 Å². The average Bonchev–Trinajstić information content (AvgIpc) is 3.11. The van der Waals surface area contributed by atoms with Gasteiger partial charge >= 0.3 is 35.2 Å². The Bertz CT molecular complexity index is 701. The van der Waals surface area contributed by atoms with E-state index in [-0.39, 0.29) is 20.7 Å². The lowest BCUT2D eigenvalue weighted by Crippen LogP contribution is -2.78. The molecule has 0 saturated carbocycles. The van der Waals surface area contributed by atoms with Gasteiger partial charge in [-0.05, 0) is 83.1 Å². The standard InChI is InChI=1S/C36H84O12Si5/c1-17-33(50(37-21-5,38-22-6)39-23-7)49(34(18-2)51(40-24-8,41-25-9)42-26-10,35(19-3)52(43-27-11,44-28-12)45-29-13)36(20-4)53(46-30-14,47-31-15)48-32-16/h33-36H,17-32H2,1-16H3. The van der Waals surface area contributed by atoms with Crippen LogP contribution in [0.3, 0.4) is 0 Å². The van der Waals surface area contributed by atoms with Gasteiger partial charge in [0.05, 0.1) is 8.07 Å². The van der Waals surface area contributed by atoms with Gasteiger partial charge in [0.25, 0.3) is 0 Å². The summed E-state index contributed by atoms with van der Waals surface area (Å²) in [7, 11) is -18.0. The fourth-order valence-electron chi connectivity index (χ4n) is 9.22. The van der Waals surface area contributed by atoms with Crippen molar-refractivity contribution in [1.82, 2.24) is 0 Å². The van der Waals surface area contributed by atoms with E-state index in [1.165, 1.54) is 0 Å². The van der Waals surface area contributed by atoms with Crippen molar-refractivity contribution in [2.45, 2.75) is 157 Å². The van der Waals surface area contributed by atoms with E-state index in [0.29, 0.717) is 105 Å². The molecule has 0 N–H and O–H groups in total. The SMILES string of the molecule is CCO[Si](OCC)(OCC)C(CC)[Si](C(CC)[Si](OCC)(OCC)OCC)(C(CC)[Si](OCC)(OCC)OCC)C(CC)[Si](OCC)(OCC)OCC. The number of rotatable bonds is 36. The monoisotopic (exact) mass is 848 g/mol. The van der Waals surface area contributed by atoms with Gasteiger partial charge in [0.15, 0.2) is 0 Å². The van der Waals surface area contributed by atoms with E-state index >= 15 is 0 Å². The summed E-state index contributed by atoms with van der Waals surface area (Å²) in [5, 5.41) is -0.928. The zero-order chi connectivity index (χ0) is 40.6. The van der Waals surface area contributed by atoms with Gasteiger partial charge in [-0.1, -0.05) is 53.4 Å². The van der Waals surface area contributed by atoms with Crippen molar-refractivity contribution in [2.75, 3.05) is 79.3 Å². The molecule has 0 aromatic heterocycles. The zero-order valence-electron chi connectivity index (χ0n) is 37.0. The topological polar surface area (TPSA) is 111 Å². The van der Waals surface area contributed by atoms with E-state index < -0.39 is 43.3 Å². The van der Waals surface area contributed by atoms with E-state index in [1.807, 2.05) is 83.1 Å². The highest BCUT2D eigenvalue weighted by Crippen LogP contribution is 2.64. The van der Waals surface area contributed by atoms with Crippen LogP contribution in [0.2, 0.25) is 20.7 Å². The van der Waals surface area contributed by atoms with Crippen LogP contribution in [-0.4, -0.2) is 123 Å². The first-order valence-corrected chi connectivity index (χ1v) is 30.7. The molecule has 0 aliphatic heterocycles. The smallest absolute Gasteiger partial charge is 0.374 e. The summed E-state index contributed by atoms with van der Waals surface area (Å²) in [6.45, 7) is 38.5. The van der Waals surface area contributed by atoms with Crippen molar-refractivity contribution >= 4 is 43.3 Å². The van der Waals surface area contributed by atoms with Gasteiger partial charge in [-0.15, -0.1) is 0 Å². The molecule has 53 heavy (non-hydrogen) atoms. The maximum Gasteiger partial charge on any atom is 0.501 e. The lowest BCUT2D eigenvalue weighted by atomic mass is 10.5. The molecule has 320 valence electrons. The van der Waals surface area contributed by atoms with Crippen LogP contribution in [-0.2, 0) is 53.1 Å². The first-order valence-electron chi connectivity index (χ1n) is 21.2. The van der Waals surface area contributed by atoms with Gasteiger partial charge in [-0.3, -0.25) is 0 Å². The molecule has 0 aromatic carbocycles. The third kappa shape index (κ3) is 12.3. The molecule has 0 rings (SSSR count). The van der Waals surface area contributed by atoms with Crippen LogP contribution >= 0.6 is 0 Å². The van der Waals surface area contributed by atoms with Crippen molar-refractivity contribution in [3.63, 3.8) is 0 Å². The van der Waals surface area contributed by atoms with Crippen LogP contribution in [0, 0.1) is 0 Å². The quantitative estimate of drug-likeness (QED) is 0.0562. The molecular weight excluding hydrogens is 765 g/mol. The van der Waals surface area contributed by atoms with Crippen LogP contribution in [0.1, 0.15) is 136 Å². The lowest BCUT2D eigenvalue weighted by Gasteiger charge is -2.61. The summed E-state index contributed by atoms with van der Waals surface area (Å²) in [5.74, 6) is 0. The second-order valence-electron chi connectivity index (χ2n) is 12.5. The highest BCUT2D eigenvalue weighted by atomic mass is 28.5. The number of hydrogen-bond acceptors (Lipinski definition) is 12. The molecule has 12 nitrogen and oxygen atoms in total. The van der Waals surface area contributed by atoms with Gasteiger partial charge in [-0.25, -0.2) is 0 Å². The Labute approximate surface area is 331 Å². The van der Waals surface area contributed by atoms with E-state index in [0.717, 1.165) is 0 Å². The minimum absolute atomic E-state index is 0.232. The molecule has 0 saturated heterocycles. The molecular formula is C36H84O12Si5. The molecule has 0 bridgehead atoms. The highest BCUT2D eigenvalue weighted by molar-refractivity contribution is 7.11. The Morgan fingerprint density at radius 1 is 0.226 bits per heavy atom. The third-order valence-corrected chi connectivity index (χ3v) is 39.9. The van der Waals surface area contributed by atoms with Crippen LogP contribution in [0.4, 0.5) is 0 Å². The Morgan fingerprint density at radius 2 is 0.340 bits per heavy atom. The van der Waals surface area contributed by atoms with Gasteiger partial charge in [0.2, 0.25) is 0 Å². The predicted octanol–water partition coefficient (Wildman–Crippen LogP) is 8.91. The van der Waals surface area contributed by atoms with E-state index in [1.54, 1.807) is 0 Å². The normalized spacial score (nSPS) is 16.8. The molecule has 0 heterocycles. The summed E-state index contributed by atoms with van der Waals surface area (Å²) in [6.07, 6.45) is 2.78. The highest BCUT2D eigenvalue weighted by Gasteiger charge is 2.80. The minimum Gasteiger partial charge on any atom is -0.374 e. The fraction of sp³-hybridized carbons (Fsp3) is 1.00. The van der Waals surface area contributed by atoms with Crippen LogP contribution < -0.4 is 0 Å². The van der Waals surface area contributed by atoms with Gasteiger partial charge in [-0.2, -0.15) is 0 Å². The molecule has 0 fully saturated rings. The zero-order valence-corrected chi connectivity index (χ0v) is 42.0. The molecule has 4 atom stereocenters. The molecule has 0 spiro atoms. The summed E-state index contributed by atoms with van der Waals surface area (Å²) in [4.78, 5) is 0. The summed E-state index contributed by atoms with van der Waals surface area (Å²) in [6, 6.07) is 0. The van der Waals surface area contributed by atoms with E-state index in [2.05, 4.69) is 27.7 Å². The fourth-order valence-corrected chi connectivity index (χ4v) is 48.2. The molecule has 17 heteroatoms. The summed E-state index contributed by atoms with van der Waals surface area (Å²) >= 11 is 0. The second kappa shape index (κ2) is 28.1. The molecule has 4 unspecified atom stereocenters. The van der Waals surface area contributed by atoms with Crippen molar-refractivity contribution in [3.05, 3.63) is 0 Å². The number of hydrogen-bond donors (Lipinski definition) is 0. The van der Waals surface area contributed by atoms with Crippen molar-refractivity contribution in [2.24, 2.45) is 0 Å². The van der Waals surface area contributed by atoms with Gasteiger partial charge in [0.1, 0.15) is 0 Å². The first kappa shape index (κ1) is 53.6. The Balaban J connectivity index is 9.92. The largest absolute Gasteiger partial charge is 0.501 e. The Morgan fingerprint density at radius 3 is 0.415 bits per heavy atom. The molecule has 0 aromatic rings. The third-order valence-electron chi connectivity index (χ3n) is 9.90. The van der Waals surface area contributed by atoms with Crippen molar-refractivity contribution < 1.29 is 53.1 Å². The lowest BCUT2D eigenvalue weighted by molar-refractivity contribution is 0.0548. The second-order valence-corrected chi connectivity index (χ2v) is 30.6. The molecule has 0 radical (unpaired) electrons. The Kier molecular flexibility index (Phi) is 28.4. The van der Waals surface area contributed by atoms with E-state index in [9.17, 15) is 0 Å². The Hall–Kier alpha value is 0.604. The molecule has 0 aliphatic rings. The van der Waals surface area contributed by atoms with Crippen LogP contribution in [0.15, 0.2) is 0 Å². The average molecular weight is 849 g/mol. The maximum absolute atomic E-state index is 7.04. The summed E-state index contributed by atoms with van der Waals surface area (Å²) < 4.78 is 84.5. The van der Waals surface area contributed by atoms with Gasteiger partial charge in [0, 0.05) is 99.9 Å². The minimum atomic E-state index is -3.61. The maximum atomic E-state index is 7.04. The van der Waals surface area contributed by atoms with Crippen molar-refractivity contribution in [1.29, 1.82) is 0 Å². The van der Waals surface area contributed by atoms with Crippen molar-refractivity contribution in [3.8, 4) is 0 Å². The van der Waals surface area contributed by atoms with Gasteiger partial charge < -0.3 is 53.1 Å². The summed E-state index contributed by atoms with van der Waals surface area (Å²) in [5.41, 5.74) is 0. The molecule has 0 amide bonds. The van der Waals surface area contributed by atoms with Crippen LogP contribution in [0.25, 0.3) is 0 Å². The first-order chi connectivity index (χ1) is 25.5.